The Morgan fingerprint density at radius 3 is 2.48 bits per heavy atom. The van der Waals surface area contributed by atoms with Crippen molar-refractivity contribution in [2.45, 2.75) is 57.4 Å². The molecule has 2 saturated carbocycles. The Morgan fingerprint density at radius 2 is 1.83 bits per heavy atom. The number of nitrogens with zero attached hydrogens (tertiary/aromatic N) is 1. The maximum absolute atomic E-state index is 12.7. The standard InChI is InChI=1S/C19H25NO3/c21-18(12-15-7-4-8-16(11-15)19(22)23)20(17-9-10-17)13-14-5-2-1-3-6-14/h4,7-8,11,14,17H,1-3,5-6,9-10,12-13H2,(H,22,23). The van der Waals surface area contributed by atoms with Crippen molar-refractivity contribution in [3.8, 4) is 0 Å². The molecule has 2 aliphatic rings. The van der Waals surface area contributed by atoms with Gasteiger partial charge in [0.05, 0.1) is 12.0 Å². The van der Waals surface area contributed by atoms with E-state index in [0.717, 1.165) is 24.9 Å². The van der Waals surface area contributed by atoms with Crippen molar-refractivity contribution in [2.75, 3.05) is 6.54 Å². The van der Waals surface area contributed by atoms with Crippen molar-refractivity contribution in [1.82, 2.24) is 4.90 Å². The van der Waals surface area contributed by atoms with Gasteiger partial charge < -0.3 is 10.0 Å². The van der Waals surface area contributed by atoms with Gasteiger partial charge in [0.25, 0.3) is 0 Å². The van der Waals surface area contributed by atoms with Crippen LogP contribution in [0.3, 0.4) is 0 Å². The predicted molar refractivity (Wildman–Crippen MR) is 88.4 cm³/mol. The third-order valence-electron chi connectivity index (χ3n) is 5.02. The number of amides is 1. The Kier molecular flexibility index (Phi) is 4.99. The zero-order valence-corrected chi connectivity index (χ0v) is 13.5. The summed E-state index contributed by atoms with van der Waals surface area (Å²) in [5.41, 5.74) is 1.05. The average Bonchev–Trinajstić information content (AvgIpc) is 3.38. The van der Waals surface area contributed by atoms with Crippen LogP contribution in [0.5, 0.6) is 0 Å². The van der Waals surface area contributed by atoms with Crippen LogP contribution in [0.4, 0.5) is 0 Å². The first-order valence-electron chi connectivity index (χ1n) is 8.75. The minimum absolute atomic E-state index is 0.153. The van der Waals surface area contributed by atoms with E-state index in [1.165, 1.54) is 32.1 Å². The van der Waals surface area contributed by atoms with E-state index in [1.54, 1.807) is 18.2 Å². The van der Waals surface area contributed by atoms with Crippen LogP contribution in [0.25, 0.3) is 0 Å². The summed E-state index contributed by atoms with van der Waals surface area (Å²) in [4.78, 5) is 25.9. The van der Waals surface area contributed by atoms with Gasteiger partial charge in [-0.2, -0.15) is 0 Å². The van der Waals surface area contributed by atoms with Gasteiger partial charge in [-0.3, -0.25) is 4.79 Å². The van der Waals surface area contributed by atoms with Gasteiger partial charge in [-0.15, -0.1) is 0 Å². The minimum atomic E-state index is -0.944. The van der Waals surface area contributed by atoms with Crippen LogP contribution in [-0.2, 0) is 11.2 Å². The van der Waals surface area contributed by atoms with E-state index in [2.05, 4.69) is 4.90 Å². The number of rotatable bonds is 6. The van der Waals surface area contributed by atoms with Crippen LogP contribution >= 0.6 is 0 Å². The molecule has 23 heavy (non-hydrogen) atoms. The second-order valence-electron chi connectivity index (χ2n) is 6.96. The van der Waals surface area contributed by atoms with Gasteiger partial charge in [-0.25, -0.2) is 4.79 Å². The zero-order chi connectivity index (χ0) is 16.2. The number of carboxylic acid groups (broad SMARTS) is 1. The molecule has 0 spiro atoms. The van der Waals surface area contributed by atoms with Gasteiger partial charge in [0.15, 0.2) is 0 Å². The molecule has 0 aromatic heterocycles. The Balaban J connectivity index is 1.64. The molecule has 2 fully saturated rings. The first-order chi connectivity index (χ1) is 11.1. The molecule has 2 aliphatic carbocycles. The molecule has 4 nitrogen and oxygen atoms in total. The zero-order valence-electron chi connectivity index (χ0n) is 13.5. The van der Waals surface area contributed by atoms with Gasteiger partial charge in [-0.1, -0.05) is 31.4 Å². The first-order valence-corrected chi connectivity index (χ1v) is 8.75. The quantitative estimate of drug-likeness (QED) is 0.874. The molecule has 1 aromatic rings. The van der Waals surface area contributed by atoms with E-state index in [-0.39, 0.29) is 11.5 Å². The SMILES string of the molecule is O=C(O)c1cccc(CC(=O)N(CC2CCCCC2)C2CC2)c1. The van der Waals surface area contributed by atoms with Gasteiger partial charge >= 0.3 is 5.97 Å². The second-order valence-corrected chi connectivity index (χ2v) is 6.96. The molecule has 0 atom stereocenters. The van der Waals surface area contributed by atoms with Crippen molar-refractivity contribution in [3.63, 3.8) is 0 Å². The molecular formula is C19H25NO3. The highest BCUT2D eigenvalue weighted by Crippen LogP contribution is 2.31. The van der Waals surface area contributed by atoms with E-state index in [0.29, 0.717) is 18.4 Å². The summed E-state index contributed by atoms with van der Waals surface area (Å²) in [5.74, 6) is -0.139. The lowest BCUT2D eigenvalue weighted by atomic mass is 9.89. The molecule has 1 aromatic carbocycles. The largest absolute Gasteiger partial charge is 0.478 e. The maximum Gasteiger partial charge on any atom is 0.335 e. The van der Waals surface area contributed by atoms with Gasteiger partial charge in [0, 0.05) is 12.6 Å². The van der Waals surface area contributed by atoms with Crippen LogP contribution in [0.2, 0.25) is 0 Å². The lowest BCUT2D eigenvalue weighted by Crippen LogP contribution is -2.38. The number of aromatic carboxylic acids is 1. The van der Waals surface area contributed by atoms with Gasteiger partial charge in [-0.05, 0) is 49.3 Å². The fourth-order valence-electron chi connectivity index (χ4n) is 3.58. The summed E-state index contributed by atoms with van der Waals surface area (Å²) >= 11 is 0. The molecule has 1 amide bonds. The number of carbonyl (C=O) groups excluding carboxylic acids is 1. The summed E-state index contributed by atoms with van der Waals surface area (Å²) in [5, 5.41) is 9.07. The highest BCUT2D eigenvalue weighted by atomic mass is 16.4. The molecule has 124 valence electrons. The van der Waals surface area contributed by atoms with Crippen molar-refractivity contribution < 1.29 is 14.7 Å². The topological polar surface area (TPSA) is 57.6 Å². The van der Waals surface area contributed by atoms with Gasteiger partial charge in [0.2, 0.25) is 5.91 Å². The van der Waals surface area contributed by atoms with Crippen molar-refractivity contribution in [2.24, 2.45) is 5.92 Å². The molecule has 0 saturated heterocycles. The van der Waals surface area contributed by atoms with Crippen molar-refractivity contribution in [3.05, 3.63) is 35.4 Å². The van der Waals surface area contributed by atoms with E-state index < -0.39 is 5.97 Å². The third-order valence-corrected chi connectivity index (χ3v) is 5.02. The lowest BCUT2D eigenvalue weighted by Gasteiger charge is -2.30. The molecule has 0 bridgehead atoms. The minimum Gasteiger partial charge on any atom is -0.478 e. The maximum atomic E-state index is 12.7. The second kappa shape index (κ2) is 7.16. The average molecular weight is 315 g/mol. The first kappa shape index (κ1) is 16.0. The molecule has 1 N–H and O–H groups in total. The van der Waals surface area contributed by atoms with Crippen LogP contribution in [0.1, 0.15) is 60.9 Å². The Hall–Kier alpha value is -1.84. The number of carboxylic acids is 1. The number of carbonyl (C=O) groups is 2. The normalized spacial score (nSPS) is 18.6. The summed E-state index contributed by atoms with van der Waals surface area (Å²) in [6, 6.07) is 7.17. The van der Waals surface area contributed by atoms with Crippen LogP contribution in [0, 0.1) is 5.92 Å². The molecule has 0 heterocycles. The molecule has 0 radical (unpaired) electrons. The number of benzene rings is 1. The summed E-state index contributed by atoms with van der Waals surface area (Å²) in [7, 11) is 0. The molecule has 0 aliphatic heterocycles. The Labute approximate surface area is 137 Å². The van der Waals surface area contributed by atoms with Crippen LogP contribution < -0.4 is 0 Å². The molecule has 0 unspecified atom stereocenters. The molecule has 3 rings (SSSR count). The van der Waals surface area contributed by atoms with E-state index >= 15 is 0 Å². The predicted octanol–water partition coefficient (Wildman–Crippen LogP) is 3.50. The summed E-state index contributed by atoms with van der Waals surface area (Å²) in [6.45, 7) is 0.891. The van der Waals surface area contributed by atoms with Crippen LogP contribution in [-0.4, -0.2) is 34.5 Å². The number of hydrogen-bond donors (Lipinski definition) is 1. The fourth-order valence-corrected chi connectivity index (χ4v) is 3.58. The highest BCUT2D eigenvalue weighted by Gasteiger charge is 2.34. The Morgan fingerprint density at radius 1 is 1.09 bits per heavy atom. The Bertz CT molecular complexity index is 574. The molecular weight excluding hydrogens is 290 g/mol. The van der Waals surface area contributed by atoms with E-state index in [9.17, 15) is 9.59 Å². The molecule has 4 heteroatoms. The summed E-state index contributed by atoms with van der Waals surface area (Å²) < 4.78 is 0. The lowest BCUT2D eigenvalue weighted by molar-refractivity contribution is -0.131. The van der Waals surface area contributed by atoms with E-state index in [1.807, 2.05) is 6.07 Å². The fraction of sp³-hybridized carbons (Fsp3) is 0.579. The highest BCUT2D eigenvalue weighted by molar-refractivity contribution is 5.88. The van der Waals surface area contributed by atoms with Crippen LogP contribution in [0.15, 0.2) is 24.3 Å². The third kappa shape index (κ3) is 4.34. The monoisotopic (exact) mass is 315 g/mol. The smallest absolute Gasteiger partial charge is 0.335 e. The van der Waals surface area contributed by atoms with Gasteiger partial charge in [0.1, 0.15) is 0 Å². The van der Waals surface area contributed by atoms with Crippen molar-refractivity contribution in [1.29, 1.82) is 0 Å². The number of hydrogen-bond acceptors (Lipinski definition) is 2. The summed E-state index contributed by atoms with van der Waals surface area (Å²) in [6.07, 6.45) is 8.94. The van der Waals surface area contributed by atoms with E-state index in [4.69, 9.17) is 5.11 Å². The van der Waals surface area contributed by atoms with Crippen molar-refractivity contribution >= 4 is 11.9 Å².